The van der Waals surface area contributed by atoms with Gasteiger partial charge in [0.1, 0.15) is 24.4 Å². The van der Waals surface area contributed by atoms with Gasteiger partial charge in [-0.05, 0) is 78.8 Å². The van der Waals surface area contributed by atoms with Gasteiger partial charge in [-0.2, -0.15) is 0 Å². The lowest BCUT2D eigenvalue weighted by atomic mass is 9.47. The third-order valence-corrected chi connectivity index (χ3v) is 10.1. The third-order valence-electron chi connectivity index (χ3n) is 10.1. The van der Waals surface area contributed by atoms with Crippen LogP contribution in [0.5, 0.6) is 0 Å². The monoisotopic (exact) mass is 466 g/mol. The molecule has 5 N–H and O–H groups in total. The van der Waals surface area contributed by atoms with E-state index in [9.17, 15) is 30.3 Å². The summed E-state index contributed by atoms with van der Waals surface area (Å²) in [5.41, 5.74) is 0.598. The summed E-state index contributed by atoms with van der Waals surface area (Å²) in [6.07, 6.45) is -0.0981. The molecule has 0 bridgehead atoms. The van der Waals surface area contributed by atoms with Crippen LogP contribution in [0.2, 0.25) is 0 Å². The fourth-order valence-corrected chi connectivity index (χ4v) is 8.02. The number of aliphatic hydroxyl groups is 5. The lowest BCUT2D eigenvalue weighted by Gasteiger charge is -2.59. The molecule has 1 saturated heterocycles. The van der Waals surface area contributed by atoms with Gasteiger partial charge in [0.05, 0.1) is 18.8 Å². The van der Waals surface area contributed by atoms with Crippen molar-refractivity contribution in [2.24, 2.45) is 28.6 Å². The van der Waals surface area contributed by atoms with E-state index in [-0.39, 0.29) is 22.7 Å². The van der Waals surface area contributed by atoms with Crippen molar-refractivity contribution in [3.05, 3.63) is 11.6 Å². The van der Waals surface area contributed by atoms with Crippen LogP contribution in [0.4, 0.5) is 0 Å². The molecule has 0 aromatic carbocycles. The largest absolute Gasteiger partial charge is 0.394 e. The maximum Gasteiger partial charge on any atom is 0.187 e. The van der Waals surface area contributed by atoms with E-state index in [0.29, 0.717) is 30.6 Å². The van der Waals surface area contributed by atoms with E-state index >= 15 is 0 Å². The summed E-state index contributed by atoms with van der Waals surface area (Å²) in [5.74, 6) is 1.14. The summed E-state index contributed by atoms with van der Waals surface area (Å²) in [6.45, 7) is 3.91. The zero-order valence-corrected chi connectivity index (χ0v) is 19.5. The average molecular weight is 467 g/mol. The molecule has 0 aromatic rings. The van der Waals surface area contributed by atoms with E-state index in [1.165, 1.54) is 0 Å². The predicted molar refractivity (Wildman–Crippen MR) is 117 cm³/mol. The van der Waals surface area contributed by atoms with Gasteiger partial charge in [-0.25, -0.2) is 0 Å². The second-order valence-electron chi connectivity index (χ2n) is 11.6. The molecule has 186 valence electrons. The van der Waals surface area contributed by atoms with Gasteiger partial charge >= 0.3 is 0 Å². The van der Waals surface area contributed by atoms with E-state index < -0.39 is 43.4 Å². The fourth-order valence-electron chi connectivity index (χ4n) is 8.02. The lowest BCUT2D eigenvalue weighted by Crippen LogP contribution is -2.61. The molecule has 33 heavy (non-hydrogen) atoms. The molecule has 12 unspecified atom stereocenters. The van der Waals surface area contributed by atoms with Gasteiger partial charge in [0.2, 0.25) is 0 Å². The SMILES string of the molecule is CC12CCC(=O)C=C1C(OC1OC(CO)C(O)C(O)C1O)CC1C2CCC2(C)C(O)CCC12. The molecular formula is C25H38O8. The van der Waals surface area contributed by atoms with Crippen molar-refractivity contribution in [1.29, 1.82) is 0 Å². The Morgan fingerprint density at radius 1 is 1.03 bits per heavy atom. The van der Waals surface area contributed by atoms with Crippen molar-refractivity contribution in [3.8, 4) is 0 Å². The van der Waals surface area contributed by atoms with Crippen molar-refractivity contribution in [3.63, 3.8) is 0 Å². The third kappa shape index (κ3) is 3.56. The van der Waals surface area contributed by atoms with E-state index in [1.807, 2.05) is 0 Å². The lowest BCUT2D eigenvalue weighted by molar-refractivity contribution is -0.313. The molecule has 8 heteroatoms. The Hall–Kier alpha value is -0.870. The topological polar surface area (TPSA) is 137 Å². The quantitative estimate of drug-likeness (QED) is 0.383. The van der Waals surface area contributed by atoms with Gasteiger partial charge in [0.15, 0.2) is 12.1 Å². The minimum Gasteiger partial charge on any atom is -0.394 e. The maximum absolute atomic E-state index is 12.4. The molecule has 3 saturated carbocycles. The van der Waals surface area contributed by atoms with Crippen LogP contribution in [0.3, 0.4) is 0 Å². The van der Waals surface area contributed by atoms with Gasteiger partial charge in [0.25, 0.3) is 0 Å². The Morgan fingerprint density at radius 2 is 1.79 bits per heavy atom. The Morgan fingerprint density at radius 3 is 2.52 bits per heavy atom. The Bertz CT molecular complexity index is 812. The average Bonchev–Trinajstić information content (AvgIpc) is 3.09. The molecule has 5 aliphatic rings. The zero-order chi connectivity index (χ0) is 23.7. The van der Waals surface area contributed by atoms with Gasteiger partial charge in [0, 0.05) is 6.42 Å². The molecule has 0 radical (unpaired) electrons. The molecule has 1 aliphatic heterocycles. The Kier molecular flexibility index (Phi) is 6.04. The van der Waals surface area contributed by atoms with Crippen LogP contribution >= 0.6 is 0 Å². The second-order valence-corrected chi connectivity index (χ2v) is 11.6. The summed E-state index contributed by atoms with van der Waals surface area (Å²) in [7, 11) is 0. The van der Waals surface area contributed by atoms with Crippen LogP contribution in [0.1, 0.15) is 58.8 Å². The fraction of sp³-hybridized carbons (Fsp3) is 0.880. The first kappa shape index (κ1) is 23.9. The highest BCUT2D eigenvalue weighted by Gasteiger charge is 2.61. The number of hydrogen-bond donors (Lipinski definition) is 5. The molecule has 0 spiro atoms. The number of ketones is 1. The van der Waals surface area contributed by atoms with Crippen LogP contribution in [-0.4, -0.2) is 80.8 Å². The van der Waals surface area contributed by atoms with E-state index in [2.05, 4.69) is 13.8 Å². The highest BCUT2D eigenvalue weighted by atomic mass is 16.7. The number of carbonyl (C=O) groups is 1. The van der Waals surface area contributed by atoms with Gasteiger partial charge in [-0.1, -0.05) is 13.8 Å². The number of fused-ring (bicyclic) bond motifs is 5. The van der Waals surface area contributed by atoms with Crippen molar-refractivity contribution >= 4 is 5.78 Å². The molecule has 1 heterocycles. The molecule has 5 rings (SSSR count). The minimum atomic E-state index is -1.51. The van der Waals surface area contributed by atoms with Crippen LogP contribution in [-0.2, 0) is 14.3 Å². The number of rotatable bonds is 3. The summed E-state index contributed by atoms with van der Waals surface area (Å²) in [4.78, 5) is 12.4. The molecule has 0 aromatic heterocycles. The van der Waals surface area contributed by atoms with Crippen molar-refractivity contribution in [2.75, 3.05) is 6.61 Å². The number of aliphatic hydroxyl groups excluding tert-OH is 5. The maximum atomic E-state index is 12.4. The highest BCUT2D eigenvalue weighted by Crippen LogP contribution is 2.65. The van der Waals surface area contributed by atoms with Crippen molar-refractivity contribution < 1.29 is 39.8 Å². The van der Waals surface area contributed by atoms with Crippen LogP contribution < -0.4 is 0 Å². The Labute approximate surface area is 194 Å². The summed E-state index contributed by atoms with van der Waals surface area (Å²) >= 11 is 0. The van der Waals surface area contributed by atoms with Crippen LogP contribution in [0.15, 0.2) is 11.6 Å². The molecule has 8 nitrogen and oxygen atoms in total. The first-order chi connectivity index (χ1) is 15.6. The van der Waals surface area contributed by atoms with Crippen molar-refractivity contribution in [2.45, 2.75) is 102 Å². The minimum absolute atomic E-state index is 0.0697. The summed E-state index contributed by atoms with van der Waals surface area (Å²) in [6, 6.07) is 0. The molecule has 0 amide bonds. The van der Waals surface area contributed by atoms with Crippen LogP contribution in [0.25, 0.3) is 0 Å². The smallest absolute Gasteiger partial charge is 0.187 e. The van der Waals surface area contributed by atoms with E-state index in [0.717, 1.165) is 37.7 Å². The van der Waals surface area contributed by atoms with Gasteiger partial charge in [-0.15, -0.1) is 0 Å². The second kappa shape index (κ2) is 8.36. The first-order valence-corrected chi connectivity index (χ1v) is 12.5. The molecule has 12 atom stereocenters. The van der Waals surface area contributed by atoms with Crippen LogP contribution in [0, 0.1) is 28.6 Å². The summed E-state index contributed by atoms with van der Waals surface area (Å²) < 4.78 is 11.9. The highest BCUT2D eigenvalue weighted by molar-refractivity contribution is 5.91. The van der Waals surface area contributed by atoms with Crippen molar-refractivity contribution in [1.82, 2.24) is 0 Å². The first-order valence-electron chi connectivity index (χ1n) is 12.5. The molecule has 4 fully saturated rings. The summed E-state index contributed by atoms with van der Waals surface area (Å²) in [5, 5.41) is 51.2. The number of carbonyl (C=O) groups excluding carboxylic acids is 1. The van der Waals surface area contributed by atoms with Gasteiger partial charge in [-0.3, -0.25) is 4.79 Å². The van der Waals surface area contributed by atoms with E-state index in [4.69, 9.17) is 9.47 Å². The standard InChI is InChI=1S/C25H38O8/c1-24-7-5-12(27)9-16(24)17(32-23-22(31)21(30)20(29)18(11-26)33-23)10-13-14-3-4-19(28)25(14,2)8-6-15(13)24/h9,13-15,17-23,26,28-31H,3-8,10-11H2,1-2H3. The predicted octanol–water partition coefficient (Wildman–Crippen LogP) is 0.674. The molecular weight excluding hydrogens is 428 g/mol. The van der Waals surface area contributed by atoms with Gasteiger partial charge < -0.3 is 35.0 Å². The number of ether oxygens (including phenoxy) is 2. The normalized spacial score (nSPS) is 54.3. The number of hydrogen-bond acceptors (Lipinski definition) is 8. The zero-order valence-electron chi connectivity index (χ0n) is 19.5. The Balaban J connectivity index is 1.47. The van der Waals surface area contributed by atoms with E-state index in [1.54, 1.807) is 6.08 Å². The molecule has 4 aliphatic carbocycles.